The predicted molar refractivity (Wildman–Crippen MR) is 141 cm³/mol. The van der Waals surface area contributed by atoms with Gasteiger partial charge in [-0.2, -0.15) is 0 Å². The van der Waals surface area contributed by atoms with Crippen LogP contribution in [-0.4, -0.2) is 76.9 Å². The number of nitrogens with one attached hydrogen (secondary N) is 2. The molecule has 38 heavy (non-hydrogen) atoms. The van der Waals surface area contributed by atoms with Crippen LogP contribution in [-0.2, 0) is 23.9 Å². The number of phenols is 1. The van der Waals surface area contributed by atoms with Crippen LogP contribution in [0.1, 0.15) is 78.3 Å². The minimum Gasteiger partial charge on any atom is -0.508 e. The van der Waals surface area contributed by atoms with Crippen LogP contribution in [0, 0.1) is 0 Å². The van der Waals surface area contributed by atoms with E-state index in [4.69, 9.17) is 9.47 Å². The number of carbonyl (C=O) groups is 4. The summed E-state index contributed by atoms with van der Waals surface area (Å²) in [4.78, 5) is 52.5. The molecule has 0 saturated carbocycles. The van der Waals surface area contributed by atoms with Gasteiger partial charge in [0, 0.05) is 13.1 Å². The summed E-state index contributed by atoms with van der Waals surface area (Å²) in [5, 5.41) is 25.1. The van der Waals surface area contributed by atoms with Gasteiger partial charge in [0.2, 0.25) is 11.8 Å². The van der Waals surface area contributed by atoms with Crippen molar-refractivity contribution in [1.82, 2.24) is 15.5 Å². The Morgan fingerprint density at radius 2 is 1.79 bits per heavy atom. The molecule has 0 saturated heterocycles. The normalized spacial score (nSPS) is 12.7. The van der Waals surface area contributed by atoms with Gasteiger partial charge in [0.15, 0.2) is 0 Å². The first-order valence-corrected chi connectivity index (χ1v) is 13.1. The highest BCUT2D eigenvalue weighted by atomic mass is 16.6. The number of aliphatic hydroxyl groups excluding tert-OH is 1. The molecule has 0 heterocycles. The molecule has 3 amide bonds. The van der Waals surface area contributed by atoms with Crippen LogP contribution in [0.3, 0.4) is 0 Å². The van der Waals surface area contributed by atoms with Gasteiger partial charge in [-0.3, -0.25) is 14.4 Å². The van der Waals surface area contributed by atoms with Crippen molar-refractivity contribution in [3.05, 3.63) is 29.8 Å². The Labute approximate surface area is 224 Å². The summed E-state index contributed by atoms with van der Waals surface area (Å²) in [5.41, 5.74) is -0.493. The van der Waals surface area contributed by atoms with E-state index in [9.17, 15) is 29.4 Å². The monoisotopic (exact) mass is 537 g/mol. The van der Waals surface area contributed by atoms with E-state index in [1.54, 1.807) is 39.8 Å². The van der Waals surface area contributed by atoms with Crippen molar-refractivity contribution in [3.8, 4) is 5.75 Å². The number of amides is 3. The lowest BCUT2D eigenvalue weighted by molar-refractivity contribution is -0.144. The third-order valence-electron chi connectivity index (χ3n) is 5.39. The van der Waals surface area contributed by atoms with Crippen LogP contribution < -0.4 is 10.6 Å². The highest BCUT2D eigenvalue weighted by Gasteiger charge is 2.36. The van der Waals surface area contributed by atoms with Gasteiger partial charge in [-0.05, 0) is 51.8 Å². The van der Waals surface area contributed by atoms with E-state index in [-0.39, 0.29) is 31.9 Å². The number of nitrogens with zero attached hydrogens (tertiary/aromatic N) is 1. The molecule has 1 aromatic rings. The Balaban J connectivity index is 3.32. The van der Waals surface area contributed by atoms with E-state index in [1.807, 2.05) is 6.92 Å². The van der Waals surface area contributed by atoms with Crippen LogP contribution in [0.25, 0.3) is 0 Å². The third-order valence-corrected chi connectivity index (χ3v) is 5.39. The first kappa shape index (κ1) is 32.7. The molecule has 2 unspecified atom stereocenters. The molecular weight excluding hydrogens is 494 g/mol. The maximum absolute atomic E-state index is 13.7. The van der Waals surface area contributed by atoms with Gasteiger partial charge in [-0.15, -0.1) is 0 Å². The summed E-state index contributed by atoms with van der Waals surface area (Å²) in [5.74, 6) is -1.85. The Bertz CT molecular complexity index is 916. The zero-order valence-corrected chi connectivity index (χ0v) is 23.1. The Morgan fingerprint density at radius 3 is 2.37 bits per heavy atom. The summed E-state index contributed by atoms with van der Waals surface area (Å²) >= 11 is 0. The number of alkyl carbamates (subject to hydrolysis) is 1. The molecule has 0 aliphatic carbocycles. The average molecular weight is 538 g/mol. The average Bonchev–Trinajstić information content (AvgIpc) is 2.83. The van der Waals surface area contributed by atoms with E-state index in [0.717, 1.165) is 19.3 Å². The summed E-state index contributed by atoms with van der Waals surface area (Å²) in [6.45, 7) is 8.35. The third kappa shape index (κ3) is 11.8. The van der Waals surface area contributed by atoms with E-state index in [1.165, 1.54) is 17.0 Å². The number of phenolic OH excluding ortho intramolecular Hbond substituents is 1. The number of hydrogen-bond acceptors (Lipinski definition) is 8. The van der Waals surface area contributed by atoms with Crippen molar-refractivity contribution >= 4 is 23.9 Å². The Hall–Kier alpha value is -3.34. The van der Waals surface area contributed by atoms with Gasteiger partial charge in [-0.25, -0.2) is 4.79 Å². The van der Waals surface area contributed by atoms with E-state index in [2.05, 4.69) is 10.6 Å². The largest absolute Gasteiger partial charge is 0.508 e. The molecule has 0 aliphatic rings. The van der Waals surface area contributed by atoms with Crippen LogP contribution in [0.15, 0.2) is 24.3 Å². The molecule has 0 bridgehead atoms. The van der Waals surface area contributed by atoms with Crippen LogP contribution >= 0.6 is 0 Å². The van der Waals surface area contributed by atoms with Crippen molar-refractivity contribution < 1.29 is 38.9 Å². The minimum absolute atomic E-state index is 0.0234. The van der Waals surface area contributed by atoms with E-state index < -0.39 is 48.2 Å². The van der Waals surface area contributed by atoms with E-state index in [0.29, 0.717) is 12.0 Å². The Kier molecular flexibility index (Phi) is 14.2. The van der Waals surface area contributed by atoms with Gasteiger partial charge in [0.1, 0.15) is 23.4 Å². The molecule has 4 N–H and O–H groups in total. The zero-order valence-electron chi connectivity index (χ0n) is 23.1. The van der Waals surface area contributed by atoms with Crippen LogP contribution in [0.2, 0.25) is 0 Å². The van der Waals surface area contributed by atoms with Crippen molar-refractivity contribution in [2.24, 2.45) is 0 Å². The lowest BCUT2D eigenvalue weighted by atomic mass is 10.0. The second kappa shape index (κ2) is 16.5. The molecule has 0 aliphatic heterocycles. The molecule has 214 valence electrons. The van der Waals surface area contributed by atoms with Crippen molar-refractivity contribution in [1.29, 1.82) is 0 Å². The summed E-state index contributed by atoms with van der Waals surface area (Å²) in [6.07, 6.45) is 2.29. The maximum Gasteiger partial charge on any atom is 0.408 e. The quantitative estimate of drug-likeness (QED) is 0.197. The van der Waals surface area contributed by atoms with Crippen molar-refractivity contribution in [2.75, 3.05) is 26.3 Å². The number of unbranched alkanes of at least 4 members (excludes halogenated alkanes) is 3. The molecule has 2 atom stereocenters. The van der Waals surface area contributed by atoms with Gasteiger partial charge >= 0.3 is 12.1 Å². The molecule has 0 fully saturated rings. The highest BCUT2D eigenvalue weighted by molar-refractivity contribution is 5.92. The number of hydrogen-bond donors (Lipinski definition) is 4. The minimum atomic E-state index is -1.37. The smallest absolute Gasteiger partial charge is 0.408 e. The zero-order chi connectivity index (χ0) is 28.7. The molecule has 11 nitrogen and oxygen atoms in total. The highest BCUT2D eigenvalue weighted by Crippen LogP contribution is 2.26. The lowest BCUT2D eigenvalue weighted by Crippen LogP contribution is -2.54. The SMILES string of the molecule is CCCCCCN(C(=O)C(CO)NC(=O)OC(C)(C)C)C(C(=O)NCCC(=O)OCC)c1cccc(O)c1. The number of esters is 1. The van der Waals surface area contributed by atoms with Gasteiger partial charge < -0.3 is 35.2 Å². The molecule has 0 radical (unpaired) electrons. The molecule has 11 heteroatoms. The van der Waals surface area contributed by atoms with Crippen LogP contribution in [0.4, 0.5) is 4.79 Å². The topological polar surface area (TPSA) is 154 Å². The molecule has 0 aromatic heterocycles. The predicted octanol–water partition coefficient (Wildman–Crippen LogP) is 2.80. The summed E-state index contributed by atoms with van der Waals surface area (Å²) in [7, 11) is 0. The molecular formula is C27H43N3O8. The number of benzene rings is 1. The number of carbonyl (C=O) groups excluding carboxylic acids is 4. The molecule has 1 rings (SSSR count). The van der Waals surface area contributed by atoms with Gasteiger partial charge in [0.05, 0.1) is 19.6 Å². The number of aliphatic hydroxyl groups is 1. The van der Waals surface area contributed by atoms with E-state index >= 15 is 0 Å². The second-order valence-corrected chi connectivity index (χ2v) is 9.82. The van der Waals surface area contributed by atoms with Crippen molar-refractivity contribution in [3.63, 3.8) is 0 Å². The fraction of sp³-hybridized carbons (Fsp3) is 0.630. The Morgan fingerprint density at radius 1 is 1.08 bits per heavy atom. The molecule has 0 spiro atoms. The molecule has 1 aromatic carbocycles. The standard InChI is InChI=1S/C27H43N3O8/c1-6-8-9-10-16-30(25(35)21(18-31)29-26(36)38-27(3,4)5)23(19-12-11-13-20(32)17-19)24(34)28-15-14-22(33)37-7-2/h11-13,17,21,23,31-32H,6-10,14-16,18H2,1-5H3,(H,28,34)(H,29,36). The van der Waals surface area contributed by atoms with Crippen LogP contribution in [0.5, 0.6) is 5.75 Å². The summed E-state index contributed by atoms with van der Waals surface area (Å²) in [6, 6.07) is 3.38. The van der Waals surface area contributed by atoms with Crippen molar-refractivity contribution in [2.45, 2.75) is 84.4 Å². The second-order valence-electron chi connectivity index (χ2n) is 9.82. The number of ether oxygens (including phenoxy) is 2. The number of aromatic hydroxyl groups is 1. The number of rotatable bonds is 15. The fourth-order valence-electron chi connectivity index (χ4n) is 3.70. The lowest BCUT2D eigenvalue weighted by Gasteiger charge is -2.34. The van der Waals surface area contributed by atoms with Gasteiger partial charge in [0.25, 0.3) is 0 Å². The maximum atomic E-state index is 13.7. The first-order chi connectivity index (χ1) is 17.9. The summed E-state index contributed by atoms with van der Waals surface area (Å²) < 4.78 is 10.1. The first-order valence-electron chi connectivity index (χ1n) is 13.1. The fourth-order valence-corrected chi connectivity index (χ4v) is 3.70. The van der Waals surface area contributed by atoms with Gasteiger partial charge in [-0.1, -0.05) is 38.3 Å².